The minimum Gasteiger partial charge on any atom is -0.430 e. The van der Waals surface area contributed by atoms with Crippen LogP contribution in [0, 0.1) is 17.0 Å². The third-order valence-electron chi connectivity index (χ3n) is 2.57. The summed E-state index contributed by atoms with van der Waals surface area (Å²) in [6.07, 6.45) is 2.97. The van der Waals surface area contributed by atoms with Crippen molar-refractivity contribution in [3.05, 3.63) is 46.3 Å². The van der Waals surface area contributed by atoms with Crippen LogP contribution in [0.5, 0.6) is 11.6 Å². The summed E-state index contributed by atoms with van der Waals surface area (Å²) in [5.41, 5.74) is 0.464. The zero-order chi connectivity index (χ0) is 14.5. The van der Waals surface area contributed by atoms with Gasteiger partial charge in [0.05, 0.1) is 17.3 Å². The van der Waals surface area contributed by atoms with Gasteiger partial charge in [0, 0.05) is 12.1 Å². The SMILES string of the molecule is CCNc1cncc(Oc2cccc(C)c2[N+](=O)[O-])n1. The number of hydrogen-bond donors (Lipinski definition) is 1. The number of aromatic nitrogens is 2. The molecule has 104 valence electrons. The average Bonchev–Trinajstić information content (AvgIpc) is 2.39. The summed E-state index contributed by atoms with van der Waals surface area (Å²) in [6.45, 7) is 4.29. The smallest absolute Gasteiger partial charge is 0.314 e. The lowest BCUT2D eigenvalue weighted by Crippen LogP contribution is -2.01. The van der Waals surface area contributed by atoms with Crippen LogP contribution in [0.2, 0.25) is 0 Å². The van der Waals surface area contributed by atoms with Crippen molar-refractivity contribution in [1.29, 1.82) is 0 Å². The Morgan fingerprint density at radius 2 is 2.20 bits per heavy atom. The number of nitrogens with zero attached hydrogens (tertiary/aromatic N) is 3. The van der Waals surface area contributed by atoms with E-state index in [1.807, 2.05) is 6.92 Å². The molecule has 0 radical (unpaired) electrons. The van der Waals surface area contributed by atoms with Crippen molar-refractivity contribution < 1.29 is 9.66 Å². The average molecular weight is 274 g/mol. The summed E-state index contributed by atoms with van der Waals surface area (Å²) in [5, 5.41) is 14.1. The largest absolute Gasteiger partial charge is 0.430 e. The molecule has 0 saturated heterocycles. The summed E-state index contributed by atoms with van der Waals surface area (Å²) in [5.74, 6) is 0.912. The molecular formula is C13H14N4O3. The molecule has 0 unspecified atom stereocenters. The first-order valence-corrected chi connectivity index (χ1v) is 6.09. The molecule has 20 heavy (non-hydrogen) atoms. The molecule has 0 saturated carbocycles. The normalized spacial score (nSPS) is 10.1. The molecule has 2 aromatic rings. The number of anilines is 1. The van der Waals surface area contributed by atoms with Gasteiger partial charge in [0.25, 0.3) is 0 Å². The molecule has 0 aliphatic rings. The Hall–Kier alpha value is -2.70. The molecule has 0 aliphatic carbocycles. The number of para-hydroxylation sites is 1. The Morgan fingerprint density at radius 1 is 1.40 bits per heavy atom. The van der Waals surface area contributed by atoms with Crippen molar-refractivity contribution >= 4 is 11.5 Å². The predicted octanol–water partition coefficient (Wildman–Crippen LogP) is 2.92. The van der Waals surface area contributed by atoms with Crippen molar-refractivity contribution in [2.24, 2.45) is 0 Å². The maximum atomic E-state index is 11.1. The second-order valence-corrected chi connectivity index (χ2v) is 4.05. The molecule has 7 heteroatoms. The highest BCUT2D eigenvalue weighted by Gasteiger charge is 2.19. The van der Waals surface area contributed by atoms with E-state index >= 15 is 0 Å². The summed E-state index contributed by atoms with van der Waals surface area (Å²) in [4.78, 5) is 18.8. The first-order valence-electron chi connectivity index (χ1n) is 6.09. The number of nitrogens with one attached hydrogen (secondary N) is 1. The van der Waals surface area contributed by atoms with Crippen LogP contribution in [0.25, 0.3) is 0 Å². The number of nitro groups is 1. The third-order valence-corrected chi connectivity index (χ3v) is 2.57. The number of benzene rings is 1. The second kappa shape index (κ2) is 5.96. The molecule has 1 N–H and O–H groups in total. The van der Waals surface area contributed by atoms with E-state index < -0.39 is 4.92 Å². The highest BCUT2D eigenvalue weighted by molar-refractivity contribution is 5.53. The molecule has 0 atom stereocenters. The van der Waals surface area contributed by atoms with Crippen LogP contribution in [0.15, 0.2) is 30.6 Å². The summed E-state index contributed by atoms with van der Waals surface area (Å²) >= 11 is 0. The fourth-order valence-electron chi connectivity index (χ4n) is 1.72. The van der Waals surface area contributed by atoms with Gasteiger partial charge >= 0.3 is 5.69 Å². The minimum absolute atomic E-state index is 0.0665. The summed E-state index contributed by atoms with van der Waals surface area (Å²) < 4.78 is 5.48. The Labute approximate surface area is 115 Å². The van der Waals surface area contributed by atoms with Crippen LogP contribution in [-0.2, 0) is 0 Å². The minimum atomic E-state index is -0.466. The highest BCUT2D eigenvalue weighted by Crippen LogP contribution is 2.33. The monoisotopic (exact) mass is 274 g/mol. The fraction of sp³-hybridized carbons (Fsp3) is 0.231. The summed E-state index contributed by atoms with van der Waals surface area (Å²) in [7, 11) is 0. The van der Waals surface area contributed by atoms with Crippen LogP contribution >= 0.6 is 0 Å². The molecule has 0 bridgehead atoms. The number of ether oxygens (including phenoxy) is 1. The van der Waals surface area contributed by atoms with Crippen LogP contribution in [0.4, 0.5) is 11.5 Å². The first-order chi connectivity index (χ1) is 9.61. The molecule has 0 amide bonds. The van der Waals surface area contributed by atoms with Crippen LogP contribution in [-0.4, -0.2) is 21.4 Å². The zero-order valence-corrected chi connectivity index (χ0v) is 11.2. The third kappa shape index (κ3) is 3.00. The predicted molar refractivity (Wildman–Crippen MR) is 74.1 cm³/mol. The van der Waals surface area contributed by atoms with Crippen LogP contribution in [0.1, 0.15) is 12.5 Å². The molecule has 0 aliphatic heterocycles. The van der Waals surface area contributed by atoms with Crippen molar-refractivity contribution in [2.75, 3.05) is 11.9 Å². The standard InChI is InChI=1S/C13H14N4O3/c1-3-15-11-7-14-8-12(16-11)20-10-6-4-5-9(2)13(10)17(18)19/h4-8H,3H2,1-2H3,(H,15,16). The van der Waals surface area contributed by atoms with Gasteiger partial charge in [-0.1, -0.05) is 12.1 Å². The van der Waals surface area contributed by atoms with Gasteiger partial charge in [0.2, 0.25) is 11.6 Å². The molecule has 1 aromatic heterocycles. The van der Waals surface area contributed by atoms with Crippen molar-refractivity contribution in [3.8, 4) is 11.6 Å². The molecule has 2 rings (SSSR count). The molecule has 0 fully saturated rings. The maximum absolute atomic E-state index is 11.1. The van der Waals surface area contributed by atoms with Gasteiger partial charge in [0.15, 0.2) is 0 Å². The zero-order valence-electron chi connectivity index (χ0n) is 11.2. The topological polar surface area (TPSA) is 90.2 Å². The van der Waals surface area contributed by atoms with Crippen molar-refractivity contribution in [3.63, 3.8) is 0 Å². The van der Waals surface area contributed by atoms with Gasteiger partial charge in [-0.3, -0.25) is 15.1 Å². The van der Waals surface area contributed by atoms with Gasteiger partial charge in [0.1, 0.15) is 5.82 Å². The van der Waals surface area contributed by atoms with Crippen LogP contribution < -0.4 is 10.1 Å². The molecule has 7 nitrogen and oxygen atoms in total. The number of nitro benzene ring substituents is 1. The van der Waals surface area contributed by atoms with E-state index in [-0.39, 0.29) is 17.3 Å². The Bertz CT molecular complexity index is 631. The van der Waals surface area contributed by atoms with E-state index in [1.165, 1.54) is 12.3 Å². The molecule has 1 heterocycles. The lowest BCUT2D eigenvalue weighted by atomic mass is 10.2. The lowest BCUT2D eigenvalue weighted by molar-refractivity contribution is -0.386. The van der Waals surface area contributed by atoms with Gasteiger partial charge in [-0.05, 0) is 19.9 Å². The van der Waals surface area contributed by atoms with E-state index in [4.69, 9.17) is 4.74 Å². The molecular weight excluding hydrogens is 260 g/mol. The molecule has 0 spiro atoms. The number of rotatable bonds is 5. The number of aryl methyl sites for hydroxylation is 1. The Kier molecular flexibility index (Phi) is 4.09. The molecule has 1 aromatic carbocycles. The fourth-order valence-corrected chi connectivity index (χ4v) is 1.72. The van der Waals surface area contributed by atoms with Crippen molar-refractivity contribution in [1.82, 2.24) is 9.97 Å². The maximum Gasteiger partial charge on any atom is 0.314 e. The van der Waals surface area contributed by atoms with Gasteiger partial charge in [-0.2, -0.15) is 4.98 Å². The van der Waals surface area contributed by atoms with Gasteiger partial charge in [-0.15, -0.1) is 0 Å². The lowest BCUT2D eigenvalue weighted by Gasteiger charge is -2.08. The van der Waals surface area contributed by atoms with E-state index in [1.54, 1.807) is 25.3 Å². The van der Waals surface area contributed by atoms with E-state index in [2.05, 4.69) is 15.3 Å². The van der Waals surface area contributed by atoms with Crippen molar-refractivity contribution in [2.45, 2.75) is 13.8 Å². The van der Waals surface area contributed by atoms with Crippen LogP contribution in [0.3, 0.4) is 0 Å². The summed E-state index contributed by atoms with van der Waals surface area (Å²) in [6, 6.07) is 4.89. The van der Waals surface area contributed by atoms with Gasteiger partial charge < -0.3 is 10.1 Å². The van der Waals surface area contributed by atoms with Gasteiger partial charge in [-0.25, -0.2) is 0 Å². The Balaban J connectivity index is 2.32. The quantitative estimate of drug-likeness (QED) is 0.666. The first kappa shape index (κ1) is 13.7. The van der Waals surface area contributed by atoms with E-state index in [9.17, 15) is 10.1 Å². The number of hydrogen-bond acceptors (Lipinski definition) is 6. The van der Waals surface area contributed by atoms with E-state index in [0.29, 0.717) is 17.9 Å². The van der Waals surface area contributed by atoms with E-state index in [0.717, 1.165) is 0 Å². The Morgan fingerprint density at radius 3 is 2.90 bits per heavy atom. The second-order valence-electron chi connectivity index (χ2n) is 4.05. The highest BCUT2D eigenvalue weighted by atomic mass is 16.6.